The maximum atomic E-state index is 11.4. The summed E-state index contributed by atoms with van der Waals surface area (Å²) in [6, 6.07) is 6.83. The van der Waals surface area contributed by atoms with Gasteiger partial charge in [0.15, 0.2) is 0 Å². The van der Waals surface area contributed by atoms with E-state index in [0.717, 1.165) is 0 Å². The number of nitrogens with one attached hydrogen (secondary N) is 1. The Balaban J connectivity index is 2.30. The third-order valence-electron chi connectivity index (χ3n) is 2.11. The van der Waals surface area contributed by atoms with Crippen molar-refractivity contribution in [2.24, 2.45) is 0 Å². The van der Waals surface area contributed by atoms with Crippen molar-refractivity contribution >= 4 is 15.7 Å². The summed E-state index contributed by atoms with van der Waals surface area (Å²) in [6.45, 7) is 1.58. The van der Waals surface area contributed by atoms with Crippen LogP contribution in [0.1, 0.15) is 6.92 Å². The Bertz CT molecular complexity index is 594. The maximum Gasteiger partial charge on any atom is 0.232 e. The highest BCUT2D eigenvalue weighted by Gasteiger charge is 2.07. The lowest BCUT2D eigenvalue weighted by Gasteiger charge is -2.07. The van der Waals surface area contributed by atoms with E-state index >= 15 is 0 Å². The Morgan fingerprint density at radius 2 is 2.24 bits per heavy atom. The van der Waals surface area contributed by atoms with Crippen molar-refractivity contribution in [3.8, 4) is 5.69 Å². The molecule has 1 aromatic carbocycles. The van der Waals surface area contributed by atoms with Gasteiger partial charge in [0.2, 0.25) is 10.0 Å². The minimum absolute atomic E-state index is 0.0299. The number of tetrazole rings is 1. The summed E-state index contributed by atoms with van der Waals surface area (Å²) in [5.41, 5.74) is 1.17. The molecule has 0 radical (unpaired) electrons. The second-order valence-electron chi connectivity index (χ2n) is 3.31. The molecule has 0 aliphatic rings. The predicted octanol–water partition coefficient (Wildman–Crippen LogP) is 0.424. The quantitative estimate of drug-likeness (QED) is 0.853. The molecule has 7 nitrogen and oxygen atoms in total. The molecule has 0 amide bonds. The van der Waals surface area contributed by atoms with Gasteiger partial charge < -0.3 is 0 Å². The van der Waals surface area contributed by atoms with Crippen molar-refractivity contribution in [1.82, 2.24) is 20.2 Å². The molecule has 0 saturated carbocycles. The van der Waals surface area contributed by atoms with Gasteiger partial charge in [-0.2, -0.15) is 0 Å². The lowest BCUT2D eigenvalue weighted by atomic mass is 10.3. The Kier molecular flexibility index (Phi) is 3.05. The van der Waals surface area contributed by atoms with E-state index in [0.29, 0.717) is 11.4 Å². The highest BCUT2D eigenvalue weighted by Crippen LogP contribution is 2.14. The molecule has 0 unspecified atom stereocenters. The maximum absolute atomic E-state index is 11.4. The molecule has 0 spiro atoms. The summed E-state index contributed by atoms with van der Waals surface area (Å²) in [7, 11) is -3.27. The third kappa shape index (κ3) is 2.78. The molecule has 2 rings (SSSR count). The number of aromatic nitrogens is 4. The molecule has 0 saturated heterocycles. The van der Waals surface area contributed by atoms with Gasteiger partial charge in [-0.05, 0) is 35.5 Å². The van der Waals surface area contributed by atoms with Crippen LogP contribution in [0.15, 0.2) is 30.6 Å². The zero-order valence-electron chi connectivity index (χ0n) is 9.11. The van der Waals surface area contributed by atoms with Crippen molar-refractivity contribution in [2.45, 2.75) is 6.92 Å². The van der Waals surface area contributed by atoms with Crippen LogP contribution in [0.4, 0.5) is 5.69 Å². The van der Waals surface area contributed by atoms with Crippen molar-refractivity contribution in [3.63, 3.8) is 0 Å². The van der Waals surface area contributed by atoms with Gasteiger partial charge in [0.25, 0.3) is 0 Å². The van der Waals surface area contributed by atoms with Gasteiger partial charge in [-0.25, -0.2) is 13.1 Å². The van der Waals surface area contributed by atoms with Crippen LogP contribution in [0.3, 0.4) is 0 Å². The zero-order chi connectivity index (χ0) is 12.3. The van der Waals surface area contributed by atoms with Crippen LogP contribution < -0.4 is 4.72 Å². The van der Waals surface area contributed by atoms with Crippen LogP contribution >= 0.6 is 0 Å². The average molecular weight is 253 g/mol. The molecule has 0 aliphatic carbocycles. The molecule has 1 heterocycles. The number of sulfonamides is 1. The van der Waals surface area contributed by atoms with E-state index in [2.05, 4.69) is 20.2 Å². The standard InChI is InChI=1S/C9H11N5O2S/c1-2-17(15,16)11-8-4-3-5-9(6-8)14-7-10-12-13-14/h3-7,11H,2H2,1H3. The van der Waals surface area contributed by atoms with Crippen molar-refractivity contribution in [3.05, 3.63) is 30.6 Å². The summed E-state index contributed by atoms with van der Waals surface area (Å²) in [5.74, 6) is 0.0299. The summed E-state index contributed by atoms with van der Waals surface area (Å²) >= 11 is 0. The zero-order valence-corrected chi connectivity index (χ0v) is 9.92. The van der Waals surface area contributed by atoms with Crippen LogP contribution in [0.2, 0.25) is 0 Å². The van der Waals surface area contributed by atoms with Gasteiger partial charge in [-0.3, -0.25) is 4.72 Å². The van der Waals surface area contributed by atoms with Gasteiger partial charge in [0, 0.05) is 0 Å². The first-order valence-electron chi connectivity index (χ1n) is 4.94. The largest absolute Gasteiger partial charge is 0.283 e. The van der Waals surface area contributed by atoms with Crippen LogP contribution in [0.5, 0.6) is 0 Å². The van der Waals surface area contributed by atoms with Gasteiger partial charge >= 0.3 is 0 Å². The molecule has 0 atom stereocenters. The second-order valence-corrected chi connectivity index (χ2v) is 5.32. The molecule has 1 aromatic heterocycles. The van der Waals surface area contributed by atoms with E-state index in [1.54, 1.807) is 31.2 Å². The van der Waals surface area contributed by atoms with Gasteiger partial charge in [-0.15, -0.1) is 5.10 Å². The number of anilines is 1. The fourth-order valence-corrected chi connectivity index (χ4v) is 1.87. The Hall–Kier alpha value is -1.96. The van der Waals surface area contributed by atoms with Crippen LogP contribution in [0.25, 0.3) is 5.69 Å². The SMILES string of the molecule is CCS(=O)(=O)Nc1cccc(-n2cnnn2)c1. The first-order chi connectivity index (χ1) is 8.11. The van der Waals surface area contributed by atoms with Gasteiger partial charge in [0.1, 0.15) is 6.33 Å². The van der Waals surface area contributed by atoms with Gasteiger partial charge in [-0.1, -0.05) is 6.07 Å². The summed E-state index contributed by atoms with van der Waals surface area (Å²) in [5, 5.41) is 10.7. The van der Waals surface area contributed by atoms with Crippen molar-refractivity contribution < 1.29 is 8.42 Å². The Morgan fingerprint density at radius 3 is 2.88 bits per heavy atom. The van der Waals surface area contributed by atoms with E-state index in [9.17, 15) is 8.42 Å². The molecule has 0 fully saturated rings. The average Bonchev–Trinajstić information content (AvgIpc) is 2.82. The number of rotatable bonds is 4. The highest BCUT2D eigenvalue weighted by atomic mass is 32.2. The van der Waals surface area contributed by atoms with Crippen molar-refractivity contribution in [2.75, 3.05) is 10.5 Å². The number of hydrogen-bond acceptors (Lipinski definition) is 5. The first-order valence-corrected chi connectivity index (χ1v) is 6.60. The first kappa shape index (κ1) is 11.5. The van der Waals surface area contributed by atoms with E-state index in [4.69, 9.17) is 0 Å². The number of nitrogens with zero attached hydrogens (tertiary/aromatic N) is 4. The molecule has 17 heavy (non-hydrogen) atoms. The highest BCUT2D eigenvalue weighted by molar-refractivity contribution is 7.92. The molecule has 2 aromatic rings. The minimum atomic E-state index is -3.27. The summed E-state index contributed by atoms with van der Waals surface area (Å²) in [6.07, 6.45) is 1.44. The van der Waals surface area contributed by atoms with Crippen LogP contribution in [-0.2, 0) is 10.0 Å². The van der Waals surface area contributed by atoms with Crippen molar-refractivity contribution in [1.29, 1.82) is 0 Å². The molecule has 8 heteroatoms. The minimum Gasteiger partial charge on any atom is -0.283 e. The van der Waals surface area contributed by atoms with Gasteiger partial charge in [0.05, 0.1) is 17.1 Å². The molecule has 0 bridgehead atoms. The smallest absolute Gasteiger partial charge is 0.232 e. The van der Waals surface area contributed by atoms with Crippen LogP contribution in [0, 0.1) is 0 Å². The van der Waals surface area contributed by atoms with E-state index < -0.39 is 10.0 Å². The molecular formula is C9H11N5O2S. The number of benzene rings is 1. The fraction of sp³-hybridized carbons (Fsp3) is 0.222. The Labute approximate surface area is 98.5 Å². The summed E-state index contributed by atoms with van der Waals surface area (Å²) < 4.78 is 26.7. The molecule has 90 valence electrons. The lowest BCUT2D eigenvalue weighted by molar-refractivity contribution is 0.602. The fourth-order valence-electron chi connectivity index (χ4n) is 1.24. The monoisotopic (exact) mass is 253 g/mol. The van der Waals surface area contributed by atoms with E-state index in [-0.39, 0.29) is 5.75 Å². The Morgan fingerprint density at radius 1 is 1.41 bits per heavy atom. The second kappa shape index (κ2) is 4.50. The third-order valence-corrected chi connectivity index (χ3v) is 3.42. The van der Waals surface area contributed by atoms with E-state index in [1.807, 2.05) is 0 Å². The number of hydrogen-bond donors (Lipinski definition) is 1. The predicted molar refractivity (Wildman–Crippen MR) is 62.2 cm³/mol. The molecular weight excluding hydrogens is 242 g/mol. The molecule has 1 N–H and O–H groups in total. The lowest BCUT2D eigenvalue weighted by Crippen LogP contribution is -2.14. The topological polar surface area (TPSA) is 89.8 Å². The normalized spacial score (nSPS) is 11.4. The summed E-state index contributed by atoms with van der Waals surface area (Å²) in [4.78, 5) is 0. The van der Waals surface area contributed by atoms with E-state index in [1.165, 1.54) is 11.0 Å². The molecule has 0 aliphatic heterocycles. The van der Waals surface area contributed by atoms with Crippen LogP contribution in [-0.4, -0.2) is 34.4 Å².